The maximum atomic E-state index is 12.4. The lowest BCUT2D eigenvalue weighted by Gasteiger charge is -2.46. The summed E-state index contributed by atoms with van der Waals surface area (Å²) in [6.07, 6.45) is 5.38. The Morgan fingerprint density at radius 2 is 2.11 bits per heavy atom. The van der Waals surface area contributed by atoms with Crippen molar-refractivity contribution >= 4 is 5.91 Å². The van der Waals surface area contributed by atoms with E-state index in [-0.39, 0.29) is 11.5 Å². The van der Waals surface area contributed by atoms with E-state index in [2.05, 4.69) is 10.2 Å². The number of methoxy groups -OCH3 is 1. The highest BCUT2D eigenvalue weighted by molar-refractivity contribution is 5.77. The van der Waals surface area contributed by atoms with Gasteiger partial charge < -0.3 is 15.0 Å². The van der Waals surface area contributed by atoms with Crippen LogP contribution in [0.3, 0.4) is 0 Å². The number of amides is 1. The number of hydrogen-bond donors (Lipinski definition) is 1. The minimum absolute atomic E-state index is 0.247. The van der Waals surface area contributed by atoms with Crippen molar-refractivity contribution in [2.24, 2.45) is 5.41 Å². The molecule has 0 aliphatic carbocycles. The Bertz CT molecular complexity index is 317. The quantitative estimate of drug-likeness (QED) is 0.848. The fraction of sp³-hybridized carbons (Fsp3) is 0.933. The third-order valence-electron chi connectivity index (χ3n) is 4.70. The van der Waals surface area contributed by atoms with Gasteiger partial charge in [-0.25, -0.2) is 0 Å². The highest BCUT2D eigenvalue weighted by atomic mass is 16.5. The molecule has 110 valence electrons. The van der Waals surface area contributed by atoms with Gasteiger partial charge in [-0.05, 0) is 46.1 Å². The molecule has 2 fully saturated rings. The lowest BCUT2D eigenvalue weighted by Crippen LogP contribution is -2.53. The van der Waals surface area contributed by atoms with E-state index in [9.17, 15) is 4.79 Å². The number of hydrogen-bond acceptors (Lipinski definition) is 3. The number of carbonyl (C=O) groups is 1. The van der Waals surface area contributed by atoms with Crippen molar-refractivity contribution in [3.63, 3.8) is 0 Å². The molecule has 2 aliphatic heterocycles. The minimum Gasteiger partial charge on any atom is -0.378 e. The molecule has 1 amide bonds. The number of likely N-dealkylation sites (tertiary alicyclic amines) is 1. The first kappa shape index (κ1) is 14.8. The van der Waals surface area contributed by atoms with Gasteiger partial charge in [-0.15, -0.1) is 0 Å². The molecule has 0 radical (unpaired) electrons. The molecule has 0 aromatic rings. The third-order valence-corrected chi connectivity index (χ3v) is 4.70. The largest absolute Gasteiger partial charge is 0.378 e. The van der Waals surface area contributed by atoms with E-state index in [4.69, 9.17) is 4.74 Å². The first-order valence-corrected chi connectivity index (χ1v) is 7.50. The molecular weight excluding hydrogens is 240 g/mol. The highest BCUT2D eigenvalue weighted by Crippen LogP contribution is 2.36. The van der Waals surface area contributed by atoms with Crippen molar-refractivity contribution in [3.8, 4) is 0 Å². The molecular formula is C15H28N2O2. The third kappa shape index (κ3) is 3.69. The minimum atomic E-state index is -0.355. The Hall–Kier alpha value is -0.610. The zero-order valence-corrected chi connectivity index (χ0v) is 12.6. The van der Waals surface area contributed by atoms with E-state index in [1.54, 1.807) is 7.11 Å². The van der Waals surface area contributed by atoms with Crippen LogP contribution in [0.4, 0.5) is 0 Å². The number of carbonyl (C=O) groups excluding carboxylic acids is 1. The molecule has 1 N–H and O–H groups in total. The second-order valence-corrected chi connectivity index (χ2v) is 6.84. The van der Waals surface area contributed by atoms with Crippen molar-refractivity contribution in [2.75, 3.05) is 33.3 Å². The molecule has 0 saturated carbocycles. The molecule has 2 heterocycles. The molecule has 1 spiro atoms. The second kappa shape index (κ2) is 5.80. The van der Waals surface area contributed by atoms with Crippen LogP contribution in [0.2, 0.25) is 0 Å². The smallest absolute Gasteiger partial charge is 0.225 e. The fourth-order valence-electron chi connectivity index (χ4n) is 3.35. The average molecular weight is 268 g/mol. The molecule has 4 nitrogen and oxygen atoms in total. The van der Waals surface area contributed by atoms with Crippen LogP contribution in [0.5, 0.6) is 0 Å². The van der Waals surface area contributed by atoms with Crippen molar-refractivity contribution in [1.29, 1.82) is 0 Å². The van der Waals surface area contributed by atoms with Crippen LogP contribution < -0.4 is 5.32 Å². The van der Waals surface area contributed by atoms with Gasteiger partial charge in [0.25, 0.3) is 0 Å². The Kier molecular flexibility index (Phi) is 4.51. The summed E-state index contributed by atoms with van der Waals surface area (Å²) in [6, 6.07) is 0. The van der Waals surface area contributed by atoms with Gasteiger partial charge in [-0.2, -0.15) is 0 Å². The predicted molar refractivity (Wildman–Crippen MR) is 76.1 cm³/mol. The van der Waals surface area contributed by atoms with Crippen molar-refractivity contribution in [3.05, 3.63) is 0 Å². The monoisotopic (exact) mass is 268 g/mol. The highest BCUT2D eigenvalue weighted by Gasteiger charge is 2.38. The van der Waals surface area contributed by atoms with Gasteiger partial charge in [-0.3, -0.25) is 4.79 Å². The summed E-state index contributed by atoms with van der Waals surface area (Å²) < 4.78 is 5.38. The zero-order valence-electron chi connectivity index (χ0n) is 12.6. The van der Waals surface area contributed by atoms with Gasteiger partial charge in [0.1, 0.15) is 0 Å². The SMILES string of the molecule is COC(C)(C)CC(=O)N1CCCC2(CCCNC2)C1. The Morgan fingerprint density at radius 1 is 1.37 bits per heavy atom. The van der Waals surface area contributed by atoms with E-state index >= 15 is 0 Å². The van der Waals surface area contributed by atoms with Gasteiger partial charge in [0.2, 0.25) is 5.91 Å². The maximum absolute atomic E-state index is 12.4. The summed E-state index contributed by atoms with van der Waals surface area (Å²) in [5.41, 5.74) is -0.0180. The first-order chi connectivity index (χ1) is 8.96. The Morgan fingerprint density at radius 3 is 2.74 bits per heavy atom. The van der Waals surface area contributed by atoms with E-state index in [0.717, 1.165) is 32.6 Å². The average Bonchev–Trinajstić information content (AvgIpc) is 2.39. The summed E-state index contributed by atoms with van der Waals surface area (Å²) in [7, 11) is 1.68. The lowest BCUT2D eigenvalue weighted by molar-refractivity contribution is -0.140. The van der Waals surface area contributed by atoms with Crippen LogP contribution in [0.15, 0.2) is 0 Å². The second-order valence-electron chi connectivity index (χ2n) is 6.84. The molecule has 2 saturated heterocycles. The standard InChI is InChI=1S/C15H28N2O2/c1-14(2,19-3)10-13(18)17-9-5-7-15(12-17)6-4-8-16-11-15/h16H,4-12H2,1-3H3. The van der Waals surface area contributed by atoms with Crippen molar-refractivity contribution in [2.45, 2.75) is 51.6 Å². The van der Waals surface area contributed by atoms with Crippen LogP contribution in [-0.2, 0) is 9.53 Å². The van der Waals surface area contributed by atoms with Crippen LogP contribution in [-0.4, -0.2) is 49.7 Å². The van der Waals surface area contributed by atoms with Gasteiger partial charge in [0.05, 0.1) is 12.0 Å². The van der Waals surface area contributed by atoms with Crippen molar-refractivity contribution in [1.82, 2.24) is 10.2 Å². The van der Waals surface area contributed by atoms with Gasteiger partial charge in [0.15, 0.2) is 0 Å². The van der Waals surface area contributed by atoms with E-state index in [1.165, 1.54) is 19.3 Å². The molecule has 0 bridgehead atoms. The van der Waals surface area contributed by atoms with Gasteiger partial charge in [0, 0.05) is 32.2 Å². The summed E-state index contributed by atoms with van der Waals surface area (Å²) in [5.74, 6) is 0.247. The molecule has 1 atom stereocenters. The van der Waals surface area contributed by atoms with Crippen LogP contribution in [0.25, 0.3) is 0 Å². The number of ether oxygens (including phenoxy) is 1. The molecule has 4 heteroatoms. The molecule has 2 rings (SSSR count). The Labute approximate surface area is 116 Å². The molecule has 1 unspecified atom stereocenters. The van der Waals surface area contributed by atoms with E-state index in [0.29, 0.717) is 11.8 Å². The number of nitrogens with one attached hydrogen (secondary N) is 1. The van der Waals surface area contributed by atoms with Crippen molar-refractivity contribution < 1.29 is 9.53 Å². The predicted octanol–water partition coefficient (Wildman–Crippen LogP) is 1.79. The van der Waals surface area contributed by atoms with Crippen LogP contribution >= 0.6 is 0 Å². The fourth-order valence-corrected chi connectivity index (χ4v) is 3.35. The summed E-state index contributed by atoms with van der Waals surface area (Å²) in [6.45, 7) is 8.01. The lowest BCUT2D eigenvalue weighted by atomic mass is 9.74. The van der Waals surface area contributed by atoms with Crippen LogP contribution in [0.1, 0.15) is 46.0 Å². The molecule has 0 aromatic carbocycles. The Balaban J connectivity index is 1.95. The van der Waals surface area contributed by atoms with Gasteiger partial charge >= 0.3 is 0 Å². The van der Waals surface area contributed by atoms with Crippen LogP contribution in [0, 0.1) is 5.41 Å². The number of nitrogens with zero attached hydrogens (tertiary/aromatic N) is 1. The summed E-state index contributed by atoms with van der Waals surface area (Å²) >= 11 is 0. The zero-order chi connectivity index (χ0) is 13.9. The molecule has 0 aromatic heterocycles. The van der Waals surface area contributed by atoms with E-state index < -0.39 is 0 Å². The molecule has 19 heavy (non-hydrogen) atoms. The first-order valence-electron chi connectivity index (χ1n) is 7.50. The molecule has 2 aliphatic rings. The number of piperidine rings is 2. The maximum Gasteiger partial charge on any atom is 0.225 e. The topological polar surface area (TPSA) is 41.6 Å². The normalized spacial score (nSPS) is 28.7. The summed E-state index contributed by atoms with van der Waals surface area (Å²) in [4.78, 5) is 14.5. The van der Waals surface area contributed by atoms with Gasteiger partial charge in [-0.1, -0.05) is 0 Å². The summed E-state index contributed by atoms with van der Waals surface area (Å²) in [5, 5.41) is 3.50. The van der Waals surface area contributed by atoms with E-state index in [1.807, 2.05) is 13.8 Å². The number of rotatable bonds is 3.